The maximum Gasteiger partial charge on any atom is 0.414 e. The maximum atomic E-state index is 12.5. The molecule has 2 aromatic rings. The summed E-state index contributed by atoms with van der Waals surface area (Å²) < 4.78 is 5.12. The van der Waals surface area contributed by atoms with Gasteiger partial charge in [0.1, 0.15) is 0 Å². The molecule has 2 aliphatic heterocycles. The summed E-state index contributed by atoms with van der Waals surface area (Å²) in [7, 11) is 0.952. The fraction of sp³-hybridized carbons (Fsp3) is 0.348. The summed E-state index contributed by atoms with van der Waals surface area (Å²) in [4.78, 5) is 14.4. The van der Waals surface area contributed by atoms with E-state index >= 15 is 0 Å². The number of hydrogen-bond acceptors (Lipinski definition) is 2. The van der Waals surface area contributed by atoms with Crippen molar-refractivity contribution in [3.63, 3.8) is 0 Å². The number of carbonyl (C=O) groups is 1. The zero-order chi connectivity index (χ0) is 18.6. The highest BCUT2D eigenvalue weighted by Gasteiger charge is 2.42. The van der Waals surface area contributed by atoms with E-state index in [9.17, 15) is 4.79 Å². The van der Waals surface area contributed by atoms with E-state index in [4.69, 9.17) is 4.74 Å². The molecular weight excluding hydrogens is 364 g/mol. The minimum atomic E-state index is -0.534. The van der Waals surface area contributed by atoms with Crippen molar-refractivity contribution in [2.45, 2.75) is 37.0 Å². The Labute approximate surface area is 171 Å². The van der Waals surface area contributed by atoms with Crippen molar-refractivity contribution in [1.82, 2.24) is 4.90 Å². The molecule has 0 saturated carbocycles. The summed E-state index contributed by atoms with van der Waals surface area (Å²) in [5.41, 5.74) is 5.01. The van der Waals surface area contributed by atoms with E-state index in [-0.39, 0.29) is 14.5 Å². The second-order valence-electron chi connectivity index (χ2n) is 7.16. The molecule has 0 bridgehead atoms. The largest absolute Gasteiger partial charge is 0.452 e. The van der Waals surface area contributed by atoms with Crippen LogP contribution >= 0.6 is 7.92 Å². The molecule has 0 spiro atoms. The Hall–Kier alpha value is -2.06. The van der Waals surface area contributed by atoms with Gasteiger partial charge in [-0.3, -0.25) is 4.90 Å². The van der Waals surface area contributed by atoms with Crippen molar-refractivity contribution >= 4 is 22.4 Å². The highest BCUT2D eigenvalue weighted by Crippen LogP contribution is 2.75. The van der Waals surface area contributed by atoms with Gasteiger partial charge in [0.15, 0.2) is 0 Å². The quantitative estimate of drug-likeness (QED) is 0.471. The average molecular weight is 390 g/mol. The van der Waals surface area contributed by atoms with Crippen molar-refractivity contribution in [3.8, 4) is 0 Å². The van der Waals surface area contributed by atoms with Gasteiger partial charge in [0.2, 0.25) is 0 Å². The third-order valence-corrected chi connectivity index (χ3v) is 9.01. The first-order valence-corrected chi connectivity index (χ1v) is 11.2. The Bertz CT molecular complexity index is 764. The van der Waals surface area contributed by atoms with Gasteiger partial charge in [0.25, 0.3) is 0 Å². The van der Waals surface area contributed by atoms with Crippen LogP contribution in [0, 0.1) is 0 Å². The normalized spacial score (nSPS) is 22.3. The number of nitrogens with zero attached hydrogens (tertiary/aromatic N) is 1. The summed E-state index contributed by atoms with van der Waals surface area (Å²) in [6.07, 6.45) is 6.49. The Kier molecular flexibility index (Phi) is 6.96. The lowest BCUT2D eigenvalue weighted by Gasteiger charge is -2.37. The topological polar surface area (TPSA) is 29.5 Å². The Morgan fingerprint density at radius 3 is 2.00 bits per heavy atom. The van der Waals surface area contributed by atoms with Crippen LogP contribution in [-0.4, -0.2) is 33.1 Å². The Morgan fingerprint density at radius 2 is 1.50 bits per heavy atom. The first kappa shape index (κ1) is 20.7. The molecule has 3 nitrogen and oxygen atoms in total. The lowest BCUT2D eigenvalue weighted by molar-refractivity contribution is 0.136. The lowest BCUT2D eigenvalue weighted by Crippen LogP contribution is -2.33. The number of ether oxygens (including phenoxy) is 1. The molecule has 2 aliphatic rings. The maximum absolute atomic E-state index is 12.5. The number of allylic oxidation sites excluding steroid dienone is 1. The SMILES string of the molecule is COC(=O)N1CCCC=C1P1[C@H](c2ccccc2)CC[C@H]1c1ccccc1.[B]. The number of rotatable bonds is 3. The zero-order valence-corrected chi connectivity index (χ0v) is 17.2. The van der Waals surface area contributed by atoms with Crippen LogP contribution in [-0.2, 0) is 4.74 Å². The van der Waals surface area contributed by atoms with Gasteiger partial charge < -0.3 is 4.74 Å². The second kappa shape index (κ2) is 9.43. The molecule has 3 radical (unpaired) electrons. The molecule has 28 heavy (non-hydrogen) atoms. The van der Waals surface area contributed by atoms with Crippen molar-refractivity contribution < 1.29 is 9.53 Å². The highest BCUT2D eigenvalue weighted by atomic mass is 31.1. The summed E-state index contributed by atoms with van der Waals surface area (Å²) in [6.45, 7) is 0.764. The summed E-state index contributed by atoms with van der Waals surface area (Å²) in [5, 5.41) is 0. The van der Waals surface area contributed by atoms with Gasteiger partial charge in [-0.1, -0.05) is 66.7 Å². The molecule has 0 aromatic heterocycles. The number of hydrogen-bond donors (Lipinski definition) is 0. The monoisotopic (exact) mass is 390 g/mol. The van der Waals surface area contributed by atoms with E-state index in [0.29, 0.717) is 11.3 Å². The fourth-order valence-electron chi connectivity index (χ4n) is 4.38. The third-order valence-electron chi connectivity index (χ3n) is 5.60. The molecule has 2 heterocycles. The van der Waals surface area contributed by atoms with E-state index in [1.165, 1.54) is 36.5 Å². The van der Waals surface area contributed by atoms with Crippen LogP contribution in [0.4, 0.5) is 4.79 Å². The molecule has 1 saturated heterocycles. The van der Waals surface area contributed by atoms with Crippen LogP contribution in [0.5, 0.6) is 0 Å². The van der Waals surface area contributed by atoms with Gasteiger partial charge in [0, 0.05) is 31.7 Å². The molecule has 143 valence electrons. The Balaban J connectivity index is 0.00000225. The number of amides is 1. The van der Waals surface area contributed by atoms with E-state index < -0.39 is 7.92 Å². The van der Waals surface area contributed by atoms with E-state index in [2.05, 4.69) is 66.7 Å². The van der Waals surface area contributed by atoms with Crippen LogP contribution in [0.25, 0.3) is 0 Å². The van der Waals surface area contributed by atoms with E-state index in [1.54, 1.807) is 0 Å². The van der Waals surface area contributed by atoms with Gasteiger partial charge >= 0.3 is 6.09 Å². The fourth-order valence-corrected chi connectivity index (χ4v) is 8.10. The minimum absolute atomic E-state index is 0. The summed E-state index contributed by atoms with van der Waals surface area (Å²) in [6, 6.07) is 21.7. The third kappa shape index (κ3) is 4.03. The molecule has 2 aromatic carbocycles. The standard InChI is InChI=1S/C23H26NO2P.B/c1-26-23(25)24-17-9-8-14-22(24)27-20(18-10-4-2-5-11-18)15-16-21(27)19-12-6-3-7-13-19;/h2-7,10-14,20-21H,8-9,15-17H2,1H3;/t20-,21-;/m0./s1. The smallest absolute Gasteiger partial charge is 0.414 e. The molecule has 0 aliphatic carbocycles. The molecular formula is C23H26BNO2P. The van der Waals surface area contributed by atoms with Gasteiger partial charge in [-0.25, -0.2) is 4.79 Å². The summed E-state index contributed by atoms with van der Waals surface area (Å²) >= 11 is 0. The first-order chi connectivity index (χ1) is 13.3. The van der Waals surface area contributed by atoms with Crippen LogP contribution in [0.3, 0.4) is 0 Å². The van der Waals surface area contributed by atoms with Crippen LogP contribution < -0.4 is 0 Å². The number of methoxy groups -OCH3 is 1. The first-order valence-electron chi connectivity index (χ1n) is 9.73. The van der Waals surface area contributed by atoms with E-state index in [1.807, 2.05) is 4.90 Å². The second-order valence-corrected chi connectivity index (χ2v) is 9.68. The molecule has 2 atom stereocenters. The molecule has 1 fully saturated rings. The van der Waals surface area contributed by atoms with Crippen molar-refractivity contribution in [1.29, 1.82) is 0 Å². The molecule has 4 rings (SSSR count). The molecule has 0 unspecified atom stereocenters. The van der Waals surface area contributed by atoms with Crippen molar-refractivity contribution in [2.24, 2.45) is 0 Å². The predicted molar refractivity (Wildman–Crippen MR) is 117 cm³/mol. The Morgan fingerprint density at radius 1 is 0.964 bits per heavy atom. The van der Waals surface area contributed by atoms with Crippen LogP contribution in [0.15, 0.2) is 72.2 Å². The molecule has 1 amide bonds. The van der Waals surface area contributed by atoms with E-state index in [0.717, 1.165) is 19.4 Å². The lowest BCUT2D eigenvalue weighted by atomic mass is 10.0. The van der Waals surface area contributed by atoms with Crippen LogP contribution in [0.1, 0.15) is 48.1 Å². The minimum Gasteiger partial charge on any atom is -0.452 e. The average Bonchev–Trinajstić information content (AvgIpc) is 3.19. The number of carbonyl (C=O) groups excluding carboxylic acids is 1. The molecule has 0 N–H and O–H groups in total. The van der Waals surface area contributed by atoms with Gasteiger partial charge in [0.05, 0.1) is 7.11 Å². The predicted octanol–water partition coefficient (Wildman–Crippen LogP) is 6.07. The van der Waals surface area contributed by atoms with Gasteiger partial charge in [-0.15, -0.1) is 0 Å². The van der Waals surface area contributed by atoms with Gasteiger partial charge in [-0.2, -0.15) is 0 Å². The number of benzene rings is 2. The highest BCUT2D eigenvalue weighted by molar-refractivity contribution is 7.63. The zero-order valence-electron chi connectivity index (χ0n) is 16.3. The van der Waals surface area contributed by atoms with Crippen molar-refractivity contribution in [3.05, 3.63) is 83.3 Å². The van der Waals surface area contributed by atoms with Crippen molar-refractivity contribution in [2.75, 3.05) is 13.7 Å². The van der Waals surface area contributed by atoms with Crippen LogP contribution in [0.2, 0.25) is 0 Å². The summed E-state index contributed by atoms with van der Waals surface area (Å²) in [5.74, 6) is 0. The van der Waals surface area contributed by atoms with Gasteiger partial charge in [-0.05, 0) is 44.7 Å². The molecule has 5 heteroatoms.